The van der Waals surface area contributed by atoms with Gasteiger partial charge in [0, 0.05) is 18.1 Å². The van der Waals surface area contributed by atoms with E-state index in [1.54, 1.807) is 46.0 Å². The summed E-state index contributed by atoms with van der Waals surface area (Å²) < 4.78 is 22.2. The van der Waals surface area contributed by atoms with Gasteiger partial charge in [0.05, 0.1) is 32.4 Å². The third-order valence-electron chi connectivity index (χ3n) is 4.52. The molecule has 0 aliphatic heterocycles. The molecule has 1 heterocycles. The van der Waals surface area contributed by atoms with Gasteiger partial charge < -0.3 is 24.3 Å². The van der Waals surface area contributed by atoms with Gasteiger partial charge in [0.1, 0.15) is 11.5 Å². The van der Waals surface area contributed by atoms with Crippen LogP contribution in [0, 0.1) is 0 Å². The van der Waals surface area contributed by atoms with Crippen molar-refractivity contribution in [1.82, 2.24) is 9.88 Å². The summed E-state index contributed by atoms with van der Waals surface area (Å²) in [5, 5.41) is 3.32. The molecule has 170 valence electrons. The summed E-state index contributed by atoms with van der Waals surface area (Å²) in [5.74, 6) is -1.29. The highest BCUT2D eigenvalue weighted by Crippen LogP contribution is 2.32. The Morgan fingerprint density at radius 1 is 1.10 bits per heavy atom. The zero-order chi connectivity index (χ0) is 23.2. The number of rotatable bonds is 7. The smallest absolute Gasteiger partial charge is 0.418 e. The quantitative estimate of drug-likeness (QED) is 0.404. The fraction of sp³-hybridized carbons (Fsp3) is 0.500. The first kappa shape index (κ1) is 24.2. The number of methoxy groups -OCH3 is 2. The van der Waals surface area contributed by atoms with E-state index in [9.17, 15) is 14.4 Å². The molecule has 0 saturated heterocycles. The number of para-hydroxylation sites is 1. The maximum Gasteiger partial charge on any atom is 0.418 e. The fourth-order valence-electron chi connectivity index (χ4n) is 3.21. The number of alkyl carbamates (subject to hydrolysis) is 1. The number of hydrogen-bond donors (Lipinski definition) is 1. The number of hydrogen-bond acceptors (Lipinski definition) is 7. The molecule has 0 radical (unpaired) electrons. The van der Waals surface area contributed by atoms with E-state index in [1.165, 1.54) is 18.8 Å². The summed E-state index contributed by atoms with van der Waals surface area (Å²) in [6.07, 6.45) is -0.142. The van der Waals surface area contributed by atoms with Crippen molar-refractivity contribution in [1.29, 1.82) is 0 Å². The highest BCUT2D eigenvalue weighted by atomic mass is 16.6. The molecule has 1 amide bonds. The average Bonchev–Trinajstić information content (AvgIpc) is 3.08. The molecule has 0 fully saturated rings. The van der Waals surface area contributed by atoms with Gasteiger partial charge in [-0.05, 0) is 39.3 Å². The van der Waals surface area contributed by atoms with Crippen LogP contribution in [-0.4, -0.2) is 61.8 Å². The van der Waals surface area contributed by atoms with Gasteiger partial charge in [-0.3, -0.25) is 9.36 Å². The summed E-state index contributed by atoms with van der Waals surface area (Å²) >= 11 is 0. The van der Waals surface area contributed by atoms with Gasteiger partial charge in [0.15, 0.2) is 0 Å². The van der Waals surface area contributed by atoms with E-state index in [0.29, 0.717) is 16.5 Å². The van der Waals surface area contributed by atoms with Crippen LogP contribution >= 0.6 is 0 Å². The molecule has 2 unspecified atom stereocenters. The van der Waals surface area contributed by atoms with Crippen LogP contribution in [0.4, 0.5) is 9.59 Å². The number of carbonyl (C=O) groups excluding carboxylic acids is 3. The van der Waals surface area contributed by atoms with Gasteiger partial charge in [0.2, 0.25) is 0 Å². The zero-order valence-electron chi connectivity index (χ0n) is 18.8. The van der Waals surface area contributed by atoms with Crippen LogP contribution in [0.2, 0.25) is 0 Å². The lowest BCUT2D eigenvalue weighted by atomic mass is 9.93. The molecule has 2 rings (SSSR count). The molecular formula is C22H30N2O7. The maximum atomic E-state index is 12.6. The summed E-state index contributed by atoms with van der Waals surface area (Å²) in [6.45, 7) is 7.42. The number of benzene rings is 1. The van der Waals surface area contributed by atoms with Crippen LogP contribution in [-0.2, 0) is 23.7 Å². The molecule has 0 saturated carbocycles. The van der Waals surface area contributed by atoms with Crippen LogP contribution in [0.25, 0.3) is 10.9 Å². The van der Waals surface area contributed by atoms with E-state index in [4.69, 9.17) is 18.9 Å². The molecule has 2 atom stereocenters. The van der Waals surface area contributed by atoms with Crippen LogP contribution in [0.5, 0.6) is 0 Å². The number of carbonyl (C=O) groups is 3. The molecule has 9 heteroatoms. The lowest BCUT2D eigenvalue weighted by Gasteiger charge is -2.23. The highest BCUT2D eigenvalue weighted by molar-refractivity contribution is 5.95. The average molecular weight is 434 g/mol. The molecule has 0 bridgehead atoms. The van der Waals surface area contributed by atoms with Gasteiger partial charge in [-0.2, -0.15) is 0 Å². The van der Waals surface area contributed by atoms with E-state index in [-0.39, 0.29) is 13.2 Å². The van der Waals surface area contributed by atoms with Crippen LogP contribution in [0.1, 0.15) is 39.2 Å². The third-order valence-corrected chi connectivity index (χ3v) is 4.52. The van der Waals surface area contributed by atoms with Gasteiger partial charge in [-0.15, -0.1) is 0 Å². The molecule has 0 aliphatic rings. The zero-order valence-corrected chi connectivity index (χ0v) is 18.8. The Morgan fingerprint density at radius 3 is 2.39 bits per heavy atom. The molecule has 2 aromatic rings. The predicted octanol–water partition coefficient (Wildman–Crippen LogP) is 3.44. The van der Waals surface area contributed by atoms with Crippen molar-refractivity contribution in [3.63, 3.8) is 0 Å². The number of esters is 1. The number of nitrogens with one attached hydrogen (secondary N) is 1. The van der Waals surface area contributed by atoms with Crippen molar-refractivity contribution in [2.24, 2.45) is 0 Å². The molecule has 0 spiro atoms. The topological polar surface area (TPSA) is 105 Å². The SMILES string of the molecule is COC(=O)C(c1cn(C(=O)OC)c2ccccc12)C(C)OCCNC(=O)OC(C)(C)C. The molecule has 1 aromatic heterocycles. The van der Waals surface area contributed by atoms with E-state index in [1.807, 2.05) is 12.1 Å². The predicted molar refractivity (Wildman–Crippen MR) is 114 cm³/mol. The summed E-state index contributed by atoms with van der Waals surface area (Å²) in [5.41, 5.74) is 0.597. The van der Waals surface area contributed by atoms with E-state index < -0.39 is 35.8 Å². The van der Waals surface area contributed by atoms with Crippen molar-refractivity contribution < 1.29 is 33.3 Å². The van der Waals surface area contributed by atoms with Crippen LogP contribution < -0.4 is 5.32 Å². The highest BCUT2D eigenvalue weighted by Gasteiger charge is 2.32. The Kier molecular flexibility index (Phi) is 8.04. The minimum atomic E-state index is -0.790. The Labute approximate surface area is 181 Å². The fourth-order valence-corrected chi connectivity index (χ4v) is 3.21. The second-order valence-electron chi connectivity index (χ2n) is 7.95. The van der Waals surface area contributed by atoms with Crippen LogP contribution in [0.3, 0.4) is 0 Å². The molecular weight excluding hydrogens is 404 g/mol. The number of amides is 1. The largest absolute Gasteiger partial charge is 0.468 e. The lowest BCUT2D eigenvalue weighted by molar-refractivity contribution is -0.146. The van der Waals surface area contributed by atoms with Crippen molar-refractivity contribution in [2.45, 2.75) is 45.3 Å². The lowest BCUT2D eigenvalue weighted by Crippen LogP contribution is -2.35. The van der Waals surface area contributed by atoms with E-state index >= 15 is 0 Å². The van der Waals surface area contributed by atoms with Crippen LogP contribution in [0.15, 0.2) is 30.5 Å². The maximum absolute atomic E-state index is 12.6. The van der Waals surface area contributed by atoms with Gasteiger partial charge in [-0.25, -0.2) is 9.59 Å². The third kappa shape index (κ3) is 6.21. The molecule has 1 aromatic carbocycles. The van der Waals surface area contributed by atoms with E-state index in [0.717, 1.165) is 0 Å². The van der Waals surface area contributed by atoms with Gasteiger partial charge in [-0.1, -0.05) is 18.2 Å². The first-order chi connectivity index (χ1) is 14.6. The Bertz CT molecular complexity index is 930. The molecule has 31 heavy (non-hydrogen) atoms. The second-order valence-corrected chi connectivity index (χ2v) is 7.95. The molecule has 1 N–H and O–H groups in total. The Hall–Kier alpha value is -3.07. The number of nitrogens with zero attached hydrogens (tertiary/aromatic N) is 1. The first-order valence-electron chi connectivity index (χ1n) is 9.93. The second kappa shape index (κ2) is 10.3. The molecule has 0 aliphatic carbocycles. The number of aromatic nitrogens is 1. The minimum absolute atomic E-state index is 0.156. The number of fused-ring (bicyclic) bond motifs is 1. The summed E-state index contributed by atoms with van der Waals surface area (Å²) in [4.78, 5) is 36.6. The van der Waals surface area contributed by atoms with Gasteiger partial charge in [0.25, 0.3) is 0 Å². The normalized spacial score (nSPS) is 13.4. The van der Waals surface area contributed by atoms with Crippen molar-refractivity contribution in [3.8, 4) is 0 Å². The Balaban J connectivity index is 2.18. The standard InChI is InChI=1S/C22H30N2O7/c1-14(30-12-11-23-20(26)31-22(2,3)4)18(19(25)28-5)16-13-24(21(27)29-6)17-10-8-7-9-15(16)17/h7-10,13-14,18H,11-12H2,1-6H3,(H,23,26). The van der Waals surface area contributed by atoms with Crippen molar-refractivity contribution >= 4 is 29.1 Å². The van der Waals surface area contributed by atoms with Gasteiger partial charge >= 0.3 is 18.2 Å². The molecule has 9 nitrogen and oxygen atoms in total. The monoisotopic (exact) mass is 434 g/mol. The first-order valence-corrected chi connectivity index (χ1v) is 9.93. The van der Waals surface area contributed by atoms with E-state index in [2.05, 4.69) is 5.32 Å². The number of ether oxygens (including phenoxy) is 4. The van der Waals surface area contributed by atoms with Crippen molar-refractivity contribution in [3.05, 3.63) is 36.0 Å². The summed E-state index contributed by atoms with van der Waals surface area (Å²) in [6, 6.07) is 7.19. The summed E-state index contributed by atoms with van der Waals surface area (Å²) in [7, 11) is 2.59. The Morgan fingerprint density at radius 2 is 1.77 bits per heavy atom. The minimum Gasteiger partial charge on any atom is -0.468 e. The van der Waals surface area contributed by atoms with Crippen molar-refractivity contribution in [2.75, 3.05) is 27.4 Å².